The highest BCUT2D eigenvalue weighted by atomic mass is 28.3. The molecule has 4 heterocycles. The monoisotopic (exact) mass is 360 g/mol. The third kappa shape index (κ3) is 3.59. The molecule has 0 bridgehead atoms. The molecule has 2 saturated heterocycles. The number of ether oxygens (including phenoxy) is 2. The van der Waals surface area contributed by atoms with Crippen LogP contribution < -0.4 is 4.90 Å². The second-order valence-electron chi connectivity index (χ2n) is 8.53. The first-order valence-corrected chi connectivity index (χ1v) is 12.9. The largest absolute Gasteiger partial charge is 0.381 e. The molecule has 0 spiro atoms. The molecule has 2 aromatic heterocycles. The highest BCUT2D eigenvalue weighted by molar-refractivity contribution is 6.76. The molecule has 136 valence electrons. The minimum absolute atomic E-state index is 0.559. The normalized spacial score (nSPS) is 23.6. The number of anilines is 1. The van der Waals surface area contributed by atoms with Crippen LogP contribution >= 0.6 is 0 Å². The van der Waals surface area contributed by atoms with Crippen LogP contribution in [0.25, 0.3) is 11.0 Å². The fourth-order valence-electron chi connectivity index (χ4n) is 3.75. The SMILES string of the molecule is C[Si](C)(C)CCOCn1ccc2c(N3C[C@H]4COC[C@H]4C3)ncnc21. The van der Waals surface area contributed by atoms with Gasteiger partial charge in [-0.05, 0) is 12.1 Å². The summed E-state index contributed by atoms with van der Waals surface area (Å²) in [5.74, 6) is 2.36. The van der Waals surface area contributed by atoms with Gasteiger partial charge in [0.1, 0.15) is 24.5 Å². The van der Waals surface area contributed by atoms with Crippen LogP contribution in [0.4, 0.5) is 5.82 Å². The van der Waals surface area contributed by atoms with E-state index >= 15 is 0 Å². The standard InChI is InChI=1S/C18H28N4O2Si/c1-25(2,3)7-6-23-13-21-5-4-16-17(21)19-12-20-18(16)22-8-14-10-24-11-15(14)9-22/h4-5,12,14-15H,6-11,13H2,1-3H3/t14-,15+. The molecule has 0 saturated carbocycles. The van der Waals surface area contributed by atoms with Crippen molar-refractivity contribution >= 4 is 24.9 Å². The average molecular weight is 361 g/mol. The van der Waals surface area contributed by atoms with E-state index < -0.39 is 8.07 Å². The van der Waals surface area contributed by atoms with Crippen molar-refractivity contribution in [1.29, 1.82) is 0 Å². The first-order valence-electron chi connectivity index (χ1n) is 9.21. The van der Waals surface area contributed by atoms with E-state index in [9.17, 15) is 0 Å². The molecule has 0 radical (unpaired) electrons. The summed E-state index contributed by atoms with van der Waals surface area (Å²) in [5, 5.41) is 1.12. The molecule has 6 nitrogen and oxygen atoms in total. The van der Waals surface area contributed by atoms with Crippen molar-refractivity contribution < 1.29 is 9.47 Å². The Labute approximate surface area is 150 Å². The summed E-state index contributed by atoms with van der Waals surface area (Å²) in [7, 11) is -1.05. The number of aromatic nitrogens is 3. The second kappa shape index (κ2) is 6.70. The number of nitrogens with zero attached hydrogens (tertiary/aromatic N) is 4. The first kappa shape index (κ1) is 17.0. The molecule has 2 aromatic rings. The highest BCUT2D eigenvalue weighted by Crippen LogP contribution is 2.34. The number of fused-ring (bicyclic) bond motifs is 2. The van der Waals surface area contributed by atoms with Crippen LogP contribution in [-0.4, -0.2) is 55.5 Å². The molecule has 2 fully saturated rings. The molecule has 2 aliphatic heterocycles. The van der Waals surface area contributed by atoms with Crippen molar-refractivity contribution in [3.05, 3.63) is 18.6 Å². The third-order valence-corrected chi connectivity index (χ3v) is 7.01. The number of hydrogen-bond acceptors (Lipinski definition) is 5. The molecule has 4 rings (SSSR count). The Morgan fingerprint density at radius 3 is 2.68 bits per heavy atom. The molecule has 0 aromatic carbocycles. The lowest BCUT2D eigenvalue weighted by Crippen LogP contribution is -2.23. The molecule has 2 aliphatic rings. The van der Waals surface area contributed by atoms with Gasteiger partial charge in [-0.2, -0.15) is 0 Å². The van der Waals surface area contributed by atoms with E-state index in [0.29, 0.717) is 18.6 Å². The van der Waals surface area contributed by atoms with Gasteiger partial charge in [-0.25, -0.2) is 9.97 Å². The number of rotatable bonds is 6. The molecule has 0 unspecified atom stereocenters. The lowest BCUT2D eigenvalue weighted by atomic mass is 10.0. The van der Waals surface area contributed by atoms with Gasteiger partial charge >= 0.3 is 0 Å². The lowest BCUT2D eigenvalue weighted by molar-refractivity contribution is 0.0899. The van der Waals surface area contributed by atoms with E-state index in [0.717, 1.165) is 49.8 Å². The molecular formula is C18H28N4O2Si. The van der Waals surface area contributed by atoms with E-state index in [1.165, 1.54) is 6.04 Å². The van der Waals surface area contributed by atoms with Crippen LogP contribution in [0.15, 0.2) is 18.6 Å². The van der Waals surface area contributed by atoms with Crippen molar-refractivity contribution in [3.8, 4) is 0 Å². The van der Waals surface area contributed by atoms with Crippen molar-refractivity contribution in [1.82, 2.24) is 14.5 Å². The van der Waals surface area contributed by atoms with Gasteiger partial charge in [-0.3, -0.25) is 0 Å². The van der Waals surface area contributed by atoms with Gasteiger partial charge in [0.25, 0.3) is 0 Å². The molecular weight excluding hydrogens is 332 g/mol. The maximum Gasteiger partial charge on any atom is 0.147 e. The summed E-state index contributed by atoms with van der Waals surface area (Å²) in [6, 6.07) is 3.31. The van der Waals surface area contributed by atoms with Crippen molar-refractivity contribution in [3.63, 3.8) is 0 Å². The van der Waals surface area contributed by atoms with Gasteiger partial charge in [0.15, 0.2) is 0 Å². The fraction of sp³-hybridized carbons (Fsp3) is 0.667. The molecule has 25 heavy (non-hydrogen) atoms. The van der Waals surface area contributed by atoms with Crippen LogP contribution in [-0.2, 0) is 16.2 Å². The average Bonchev–Trinajstić information content (AvgIpc) is 3.24. The zero-order valence-corrected chi connectivity index (χ0v) is 16.4. The van der Waals surface area contributed by atoms with E-state index in [2.05, 4.69) is 51.3 Å². The Balaban J connectivity index is 1.47. The molecule has 0 aliphatic carbocycles. The van der Waals surface area contributed by atoms with Gasteiger partial charge in [0, 0.05) is 45.8 Å². The smallest absolute Gasteiger partial charge is 0.147 e. The Bertz CT molecular complexity index is 730. The lowest BCUT2D eigenvalue weighted by Gasteiger charge is -2.19. The van der Waals surface area contributed by atoms with Crippen LogP contribution in [0.1, 0.15) is 0 Å². The summed E-state index contributed by atoms with van der Waals surface area (Å²) in [4.78, 5) is 11.5. The fourth-order valence-corrected chi connectivity index (χ4v) is 4.50. The summed E-state index contributed by atoms with van der Waals surface area (Å²) >= 11 is 0. The van der Waals surface area contributed by atoms with Gasteiger partial charge < -0.3 is 18.9 Å². The van der Waals surface area contributed by atoms with Crippen LogP contribution in [0.2, 0.25) is 25.7 Å². The predicted octanol–water partition coefficient (Wildman–Crippen LogP) is 2.83. The van der Waals surface area contributed by atoms with E-state index in [1.807, 2.05) is 0 Å². The Morgan fingerprint density at radius 2 is 1.96 bits per heavy atom. The maximum atomic E-state index is 5.90. The van der Waals surface area contributed by atoms with Gasteiger partial charge in [-0.15, -0.1) is 0 Å². The summed E-state index contributed by atoms with van der Waals surface area (Å²) in [5.41, 5.74) is 0.964. The summed E-state index contributed by atoms with van der Waals surface area (Å²) in [6.45, 7) is 12.4. The van der Waals surface area contributed by atoms with E-state index in [4.69, 9.17) is 9.47 Å². The molecule has 0 N–H and O–H groups in total. The highest BCUT2D eigenvalue weighted by Gasteiger charge is 2.38. The Kier molecular flexibility index (Phi) is 4.55. The van der Waals surface area contributed by atoms with Crippen molar-refractivity contribution in [2.24, 2.45) is 11.8 Å². The van der Waals surface area contributed by atoms with E-state index in [-0.39, 0.29) is 0 Å². The summed E-state index contributed by atoms with van der Waals surface area (Å²) < 4.78 is 13.6. The maximum absolute atomic E-state index is 5.90. The molecule has 2 atom stereocenters. The second-order valence-corrected chi connectivity index (χ2v) is 14.2. The zero-order chi connectivity index (χ0) is 17.4. The van der Waals surface area contributed by atoms with Gasteiger partial charge in [0.05, 0.1) is 18.6 Å². The van der Waals surface area contributed by atoms with Crippen molar-refractivity contribution in [2.75, 3.05) is 37.8 Å². The van der Waals surface area contributed by atoms with Crippen LogP contribution in [0.5, 0.6) is 0 Å². The third-order valence-electron chi connectivity index (χ3n) is 5.30. The minimum atomic E-state index is -1.05. The minimum Gasteiger partial charge on any atom is -0.381 e. The first-order chi connectivity index (χ1) is 12.0. The van der Waals surface area contributed by atoms with Crippen molar-refractivity contribution in [2.45, 2.75) is 32.4 Å². The predicted molar refractivity (Wildman–Crippen MR) is 102 cm³/mol. The van der Waals surface area contributed by atoms with E-state index in [1.54, 1.807) is 6.33 Å². The number of hydrogen-bond donors (Lipinski definition) is 0. The molecule has 7 heteroatoms. The molecule has 0 amide bonds. The van der Waals surface area contributed by atoms with Crippen LogP contribution in [0.3, 0.4) is 0 Å². The zero-order valence-electron chi connectivity index (χ0n) is 15.4. The quantitative estimate of drug-likeness (QED) is 0.586. The van der Waals surface area contributed by atoms with Gasteiger partial charge in [0.2, 0.25) is 0 Å². The Morgan fingerprint density at radius 1 is 1.20 bits per heavy atom. The Hall–Kier alpha value is -1.44. The summed E-state index contributed by atoms with van der Waals surface area (Å²) in [6.07, 6.45) is 3.75. The van der Waals surface area contributed by atoms with Crippen LogP contribution in [0, 0.1) is 11.8 Å². The van der Waals surface area contributed by atoms with Gasteiger partial charge in [-0.1, -0.05) is 19.6 Å². The topological polar surface area (TPSA) is 52.4 Å².